The van der Waals surface area contributed by atoms with Gasteiger partial charge < -0.3 is 14.2 Å². The van der Waals surface area contributed by atoms with Crippen molar-refractivity contribution in [3.63, 3.8) is 0 Å². The first-order chi connectivity index (χ1) is 8.59. The van der Waals surface area contributed by atoms with Crippen LogP contribution in [0.2, 0.25) is 0 Å². The number of carbonyl (C=O) groups is 1. The highest BCUT2D eigenvalue weighted by Gasteiger charge is 2.22. The summed E-state index contributed by atoms with van der Waals surface area (Å²) >= 11 is 0. The number of methoxy groups -OCH3 is 1. The molecule has 0 bridgehead atoms. The van der Waals surface area contributed by atoms with E-state index in [4.69, 9.17) is 14.2 Å². The van der Waals surface area contributed by atoms with Crippen LogP contribution in [0.5, 0.6) is 0 Å². The molecular formula is C15H30O4. The number of hydrogen-bond acceptors (Lipinski definition) is 4. The van der Waals surface area contributed by atoms with Crippen molar-refractivity contribution in [1.29, 1.82) is 0 Å². The Kier molecular flexibility index (Phi) is 7.60. The highest BCUT2D eigenvalue weighted by Crippen LogP contribution is 2.19. The number of esters is 1. The molecule has 0 saturated heterocycles. The van der Waals surface area contributed by atoms with E-state index in [0.29, 0.717) is 19.6 Å². The lowest BCUT2D eigenvalue weighted by atomic mass is 10.0. The second kappa shape index (κ2) is 7.85. The van der Waals surface area contributed by atoms with Gasteiger partial charge >= 0.3 is 5.97 Å². The third-order valence-electron chi connectivity index (χ3n) is 3.17. The average molecular weight is 274 g/mol. The van der Waals surface area contributed by atoms with E-state index in [1.807, 2.05) is 41.5 Å². The van der Waals surface area contributed by atoms with Crippen LogP contribution in [0.4, 0.5) is 0 Å². The number of hydrogen-bond donors (Lipinski definition) is 0. The van der Waals surface area contributed by atoms with E-state index in [1.165, 1.54) is 0 Å². The maximum absolute atomic E-state index is 11.3. The van der Waals surface area contributed by atoms with Gasteiger partial charge in [0.15, 0.2) is 0 Å². The van der Waals surface area contributed by atoms with Gasteiger partial charge in [0.2, 0.25) is 0 Å². The molecule has 0 aliphatic heterocycles. The largest absolute Gasteiger partial charge is 0.465 e. The van der Waals surface area contributed by atoms with Gasteiger partial charge in [-0.15, -0.1) is 0 Å². The van der Waals surface area contributed by atoms with Gasteiger partial charge in [-0.25, -0.2) is 0 Å². The van der Waals surface area contributed by atoms with Gasteiger partial charge in [0.25, 0.3) is 0 Å². The fraction of sp³-hybridized carbons (Fsp3) is 0.933. The summed E-state index contributed by atoms with van der Waals surface area (Å²) in [4.78, 5) is 11.3. The Morgan fingerprint density at radius 1 is 1.00 bits per heavy atom. The molecule has 0 fully saturated rings. The smallest absolute Gasteiger partial charge is 0.308 e. The third kappa shape index (κ3) is 9.00. The van der Waals surface area contributed by atoms with Crippen LogP contribution in [0.1, 0.15) is 54.4 Å². The maximum Gasteiger partial charge on any atom is 0.308 e. The molecule has 114 valence electrons. The van der Waals surface area contributed by atoms with Crippen molar-refractivity contribution in [1.82, 2.24) is 0 Å². The van der Waals surface area contributed by atoms with Crippen LogP contribution >= 0.6 is 0 Å². The van der Waals surface area contributed by atoms with Gasteiger partial charge in [-0.2, -0.15) is 0 Å². The van der Waals surface area contributed by atoms with Gasteiger partial charge in [0, 0.05) is 13.5 Å². The van der Waals surface area contributed by atoms with Crippen LogP contribution in [0.25, 0.3) is 0 Å². The van der Waals surface area contributed by atoms with E-state index in [-0.39, 0.29) is 23.1 Å². The Balaban J connectivity index is 3.89. The molecule has 0 aliphatic carbocycles. The van der Waals surface area contributed by atoms with E-state index in [0.717, 1.165) is 6.42 Å². The van der Waals surface area contributed by atoms with E-state index in [1.54, 1.807) is 7.11 Å². The molecule has 0 aliphatic rings. The zero-order chi connectivity index (χ0) is 15.1. The summed E-state index contributed by atoms with van der Waals surface area (Å²) in [6.07, 6.45) is 1.53. The molecule has 0 N–H and O–H groups in total. The Bertz CT molecular complexity index is 269. The Hall–Kier alpha value is -0.610. The third-order valence-corrected chi connectivity index (χ3v) is 3.17. The molecular weight excluding hydrogens is 244 g/mol. The van der Waals surface area contributed by atoms with Crippen molar-refractivity contribution in [2.75, 3.05) is 20.3 Å². The minimum absolute atomic E-state index is 0.0773. The summed E-state index contributed by atoms with van der Waals surface area (Å²) in [6.45, 7) is 12.8. The van der Waals surface area contributed by atoms with E-state index in [2.05, 4.69) is 0 Å². The number of carbonyl (C=O) groups excluding carboxylic acids is 1. The molecule has 0 heterocycles. The monoisotopic (exact) mass is 274 g/mol. The van der Waals surface area contributed by atoms with Crippen molar-refractivity contribution in [2.45, 2.75) is 65.6 Å². The second-order valence-electron chi connectivity index (χ2n) is 6.39. The minimum atomic E-state index is -0.291. The SMILES string of the molecule is COC(C)(C)CCOC(C)(C)CCOC(=O)C(C)C. The zero-order valence-electron chi connectivity index (χ0n) is 13.5. The van der Waals surface area contributed by atoms with Crippen LogP contribution < -0.4 is 0 Å². The lowest BCUT2D eigenvalue weighted by Crippen LogP contribution is -2.31. The first kappa shape index (κ1) is 18.4. The van der Waals surface area contributed by atoms with Crippen LogP contribution in [0.3, 0.4) is 0 Å². The fourth-order valence-electron chi connectivity index (χ4n) is 1.31. The first-order valence-corrected chi connectivity index (χ1v) is 6.95. The molecule has 4 heteroatoms. The van der Waals surface area contributed by atoms with Crippen LogP contribution in [-0.4, -0.2) is 37.5 Å². The molecule has 0 aromatic heterocycles. The molecule has 19 heavy (non-hydrogen) atoms. The molecule has 0 radical (unpaired) electrons. The summed E-state index contributed by atoms with van der Waals surface area (Å²) < 4.78 is 16.3. The highest BCUT2D eigenvalue weighted by atomic mass is 16.5. The Morgan fingerprint density at radius 2 is 1.53 bits per heavy atom. The van der Waals surface area contributed by atoms with Crippen molar-refractivity contribution in [3.05, 3.63) is 0 Å². The molecule has 0 saturated carbocycles. The predicted octanol–water partition coefficient (Wildman–Crippen LogP) is 3.19. The van der Waals surface area contributed by atoms with E-state index in [9.17, 15) is 4.79 Å². The fourth-order valence-corrected chi connectivity index (χ4v) is 1.31. The predicted molar refractivity (Wildman–Crippen MR) is 76.2 cm³/mol. The van der Waals surface area contributed by atoms with Crippen molar-refractivity contribution in [2.24, 2.45) is 5.92 Å². The van der Waals surface area contributed by atoms with Gasteiger partial charge in [0.1, 0.15) is 0 Å². The van der Waals surface area contributed by atoms with Gasteiger partial charge in [-0.1, -0.05) is 13.8 Å². The van der Waals surface area contributed by atoms with Crippen molar-refractivity contribution >= 4 is 5.97 Å². The number of rotatable bonds is 9. The molecule has 0 aromatic carbocycles. The summed E-state index contributed by atoms with van der Waals surface area (Å²) in [6, 6.07) is 0. The van der Waals surface area contributed by atoms with Crippen LogP contribution in [0.15, 0.2) is 0 Å². The first-order valence-electron chi connectivity index (χ1n) is 6.95. The van der Waals surface area contributed by atoms with Gasteiger partial charge in [-0.05, 0) is 34.1 Å². The summed E-state index contributed by atoms with van der Waals surface area (Å²) in [5.41, 5.74) is -0.457. The Morgan fingerprint density at radius 3 is 2.00 bits per heavy atom. The van der Waals surface area contributed by atoms with Gasteiger partial charge in [0.05, 0.1) is 30.3 Å². The van der Waals surface area contributed by atoms with Crippen LogP contribution in [-0.2, 0) is 19.0 Å². The summed E-state index contributed by atoms with van der Waals surface area (Å²) in [5, 5.41) is 0. The zero-order valence-corrected chi connectivity index (χ0v) is 13.5. The molecule has 4 nitrogen and oxygen atoms in total. The highest BCUT2D eigenvalue weighted by molar-refractivity contribution is 5.71. The molecule has 0 spiro atoms. The molecule has 0 rings (SSSR count). The standard InChI is InChI=1S/C15H30O4/c1-12(2)13(16)18-10-8-15(5,6)19-11-9-14(3,4)17-7/h12H,8-11H2,1-7H3. The Labute approximate surface area is 117 Å². The van der Waals surface area contributed by atoms with E-state index >= 15 is 0 Å². The van der Waals surface area contributed by atoms with Crippen molar-refractivity contribution in [3.8, 4) is 0 Å². The van der Waals surface area contributed by atoms with Crippen LogP contribution in [0, 0.1) is 5.92 Å². The molecule has 0 unspecified atom stereocenters. The van der Waals surface area contributed by atoms with Crippen molar-refractivity contribution < 1.29 is 19.0 Å². The normalized spacial score (nSPS) is 12.8. The molecule has 0 amide bonds. The lowest BCUT2D eigenvalue weighted by molar-refractivity contribution is -0.149. The quantitative estimate of drug-likeness (QED) is 0.606. The summed E-state index contributed by atoms with van der Waals surface area (Å²) in [5.74, 6) is -0.233. The summed E-state index contributed by atoms with van der Waals surface area (Å²) in [7, 11) is 1.70. The average Bonchev–Trinajstić information content (AvgIpc) is 2.27. The molecule has 0 aromatic rings. The molecule has 0 atom stereocenters. The topological polar surface area (TPSA) is 44.8 Å². The van der Waals surface area contributed by atoms with Gasteiger partial charge in [-0.3, -0.25) is 4.79 Å². The second-order valence-corrected chi connectivity index (χ2v) is 6.39. The maximum atomic E-state index is 11.3. The number of ether oxygens (including phenoxy) is 3. The minimum Gasteiger partial charge on any atom is -0.465 e. The van der Waals surface area contributed by atoms with E-state index < -0.39 is 0 Å². The lowest BCUT2D eigenvalue weighted by Gasteiger charge is -2.28.